The SMILES string of the molecule is COC(=O)c1sc(-c2cccc(N(C(=O)c3ccc(F)c(F)c3)C3CCOCC3)c2)c(Cl)c1OCC(=O)OC(C)(C)C. The summed E-state index contributed by atoms with van der Waals surface area (Å²) >= 11 is 7.71. The van der Waals surface area contributed by atoms with Gasteiger partial charge in [-0.15, -0.1) is 11.3 Å². The Bertz CT molecular complexity index is 1480. The lowest BCUT2D eigenvalue weighted by Gasteiger charge is -2.34. The van der Waals surface area contributed by atoms with E-state index in [0.717, 1.165) is 23.5 Å². The van der Waals surface area contributed by atoms with E-state index >= 15 is 0 Å². The van der Waals surface area contributed by atoms with Gasteiger partial charge in [0.25, 0.3) is 5.91 Å². The van der Waals surface area contributed by atoms with Gasteiger partial charge in [-0.3, -0.25) is 4.79 Å². The highest BCUT2D eigenvalue weighted by Crippen LogP contribution is 2.46. The fraction of sp³-hybridized carbons (Fsp3) is 0.367. The lowest BCUT2D eigenvalue weighted by molar-refractivity contribution is -0.157. The van der Waals surface area contributed by atoms with Crippen molar-refractivity contribution in [3.63, 3.8) is 0 Å². The van der Waals surface area contributed by atoms with E-state index in [-0.39, 0.29) is 27.3 Å². The first kappa shape index (κ1) is 31.4. The van der Waals surface area contributed by atoms with Gasteiger partial charge in [-0.05, 0) is 69.5 Å². The van der Waals surface area contributed by atoms with Gasteiger partial charge in [-0.1, -0.05) is 23.7 Å². The van der Waals surface area contributed by atoms with Crippen molar-refractivity contribution in [1.82, 2.24) is 0 Å². The molecular weight excluding hydrogens is 592 g/mol. The Hall–Kier alpha value is -3.54. The number of rotatable bonds is 8. The second-order valence-corrected chi connectivity index (χ2v) is 11.9. The smallest absolute Gasteiger partial charge is 0.351 e. The number of benzene rings is 2. The van der Waals surface area contributed by atoms with Crippen LogP contribution in [0.25, 0.3) is 10.4 Å². The van der Waals surface area contributed by atoms with Crippen molar-refractivity contribution in [3.05, 3.63) is 69.6 Å². The van der Waals surface area contributed by atoms with Crippen LogP contribution >= 0.6 is 22.9 Å². The van der Waals surface area contributed by atoms with Crippen molar-refractivity contribution in [2.45, 2.75) is 45.3 Å². The summed E-state index contributed by atoms with van der Waals surface area (Å²) in [6.45, 7) is 5.53. The number of hydrogen-bond acceptors (Lipinski definition) is 8. The van der Waals surface area contributed by atoms with Gasteiger partial charge in [0.05, 0.1) is 12.0 Å². The van der Waals surface area contributed by atoms with Gasteiger partial charge in [0.2, 0.25) is 0 Å². The predicted octanol–water partition coefficient (Wildman–Crippen LogP) is 6.68. The molecule has 0 radical (unpaired) electrons. The molecule has 0 atom stereocenters. The maximum Gasteiger partial charge on any atom is 0.351 e. The molecule has 224 valence electrons. The first-order valence-corrected chi connectivity index (χ1v) is 14.3. The summed E-state index contributed by atoms with van der Waals surface area (Å²) in [7, 11) is 1.21. The standard InChI is InChI=1S/C30H30ClF2NO7S/c1-30(2,3)41-23(35)16-40-25-24(31)26(42-27(25)29(37)38-4)17-6-5-7-20(14-17)34(19-10-12-39-13-11-19)28(36)18-8-9-21(32)22(33)15-18/h5-9,14-15,19H,10-13,16H2,1-4H3. The van der Waals surface area contributed by atoms with Crippen molar-refractivity contribution in [3.8, 4) is 16.2 Å². The monoisotopic (exact) mass is 621 g/mol. The van der Waals surface area contributed by atoms with Gasteiger partial charge in [0, 0.05) is 30.5 Å². The van der Waals surface area contributed by atoms with Crippen LogP contribution in [0.1, 0.15) is 53.6 Å². The molecule has 1 aromatic heterocycles. The number of carbonyl (C=O) groups excluding carboxylic acids is 3. The van der Waals surface area contributed by atoms with Crippen LogP contribution in [0, 0.1) is 11.6 Å². The zero-order chi connectivity index (χ0) is 30.6. The van der Waals surface area contributed by atoms with Crippen LogP contribution in [-0.2, 0) is 19.0 Å². The van der Waals surface area contributed by atoms with Crippen molar-refractivity contribution in [2.24, 2.45) is 0 Å². The Morgan fingerprint density at radius 2 is 1.79 bits per heavy atom. The first-order chi connectivity index (χ1) is 19.9. The summed E-state index contributed by atoms with van der Waals surface area (Å²) in [5, 5.41) is 0.0747. The Kier molecular flexibility index (Phi) is 9.85. The molecule has 1 amide bonds. The topological polar surface area (TPSA) is 91.4 Å². The van der Waals surface area contributed by atoms with E-state index in [1.54, 1.807) is 49.9 Å². The highest BCUT2D eigenvalue weighted by molar-refractivity contribution is 7.18. The number of anilines is 1. The minimum atomic E-state index is -1.12. The molecule has 1 aliphatic rings. The molecule has 3 aromatic rings. The molecule has 8 nitrogen and oxygen atoms in total. The molecule has 0 unspecified atom stereocenters. The molecule has 0 saturated carbocycles. The number of thiophene rings is 1. The van der Waals surface area contributed by atoms with Crippen LogP contribution in [0.3, 0.4) is 0 Å². The highest BCUT2D eigenvalue weighted by Gasteiger charge is 2.31. The molecule has 0 spiro atoms. The molecule has 42 heavy (non-hydrogen) atoms. The molecule has 0 aliphatic carbocycles. The molecule has 4 rings (SSSR count). The largest absolute Gasteiger partial charge is 0.479 e. The molecule has 1 aliphatic heterocycles. The number of methoxy groups -OCH3 is 1. The highest BCUT2D eigenvalue weighted by atomic mass is 35.5. The van der Waals surface area contributed by atoms with E-state index in [4.69, 9.17) is 30.5 Å². The normalized spacial score (nSPS) is 13.9. The zero-order valence-corrected chi connectivity index (χ0v) is 25.1. The van der Waals surface area contributed by atoms with Gasteiger partial charge in [-0.2, -0.15) is 0 Å². The van der Waals surface area contributed by atoms with Crippen LogP contribution in [0.4, 0.5) is 14.5 Å². The number of amides is 1. The van der Waals surface area contributed by atoms with Gasteiger partial charge in [0.15, 0.2) is 28.9 Å². The van der Waals surface area contributed by atoms with Crippen LogP contribution in [0.2, 0.25) is 5.02 Å². The van der Waals surface area contributed by atoms with E-state index in [1.165, 1.54) is 13.2 Å². The molecular formula is C30H30ClF2NO7S. The number of esters is 2. The Morgan fingerprint density at radius 1 is 1.07 bits per heavy atom. The minimum absolute atomic E-state index is 0.00856. The quantitative estimate of drug-likeness (QED) is 0.259. The van der Waals surface area contributed by atoms with Crippen molar-refractivity contribution < 1.29 is 42.1 Å². The van der Waals surface area contributed by atoms with Crippen molar-refractivity contribution in [1.29, 1.82) is 0 Å². The summed E-state index contributed by atoms with van der Waals surface area (Å²) in [6, 6.07) is 9.65. The predicted molar refractivity (Wildman–Crippen MR) is 154 cm³/mol. The Balaban J connectivity index is 1.72. The molecule has 2 heterocycles. The van der Waals surface area contributed by atoms with Crippen molar-refractivity contribution in [2.75, 3.05) is 31.8 Å². The second-order valence-electron chi connectivity index (χ2n) is 10.5. The van der Waals surface area contributed by atoms with E-state index in [2.05, 4.69) is 0 Å². The third-order valence-corrected chi connectivity index (χ3v) is 7.93. The van der Waals surface area contributed by atoms with Crippen LogP contribution in [0.5, 0.6) is 5.75 Å². The van der Waals surface area contributed by atoms with Crippen LogP contribution in [0.15, 0.2) is 42.5 Å². The van der Waals surface area contributed by atoms with E-state index < -0.39 is 41.7 Å². The average Bonchev–Trinajstić information content (AvgIpc) is 3.28. The zero-order valence-electron chi connectivity index (χ0n) is 23.5. The van der Waals surface area contributed by atoms with Crippen molar-refractivity contribution >= 4 is 46.5 Å². The minimum Gasteiger partial charge on any atom is -0.479 e. The number of nitrogens with zero attached hydrogens (tertiary/aromatic N) is 1. The number of halogens is 3. The van der Waals surface area contributed by atoms with Gasteiger partial charge < -0.3 is 23.8 Å². The van der Waals surface area contributed by atoms with E-state index in [1.807, 2.05) is 0 Å². The second kappa shape index (κ2) is 13.2. The van der Waals surface area contributed by atoms with Crippen LogP contribution < -0.4 is 9.64 Å². The Labute approximate surface area is 251 Å². The molecule has 1 fully saturated rings. The third-order valence-electron chi connectivity index (χ3n) is 6.26. The molecule has 0 bridgehead atoms. The molecule has 0 N–H and O–H groups in total. The fourth-order valence-electron chi connectivity index (χ4n) is 4.44. The summed E-state index contributed by atoms with van der Waals surface area (Å²) in [4.78, 5) is 40.6. The lowest BCUT2D eigenvalue weighted by Crippen LogP contribution is -2.43. The van der Waals surface area contributed by atoms with E-state index in [9.17, 15) is 23.2 Å². The average molecular weight is 622 g/mol. The molecule has 12 heteroatoms. The van der Waals surface area contributed by atoms with Gasteiger partial charge >= 0.3 is 11.9 Å². The maximum absolute atomic E-state index is 14.0. The summed E-state index contributed by atoms with van der Waals surface area (Å²) in [5.41, 5.74) is 0.290. The lowest BCUT2D eigenvalue weighted by atomic mass is 10.0. The molecule has 2 aromatic carbocycles. The van der Waals surface area contributed by atoms with Gasteiger partial charge in [0.1, 0.15) is 10.6 Å². The first-order valence-electron chi connectivity index (χ1n) is 13.1. The number of carbonyl (C=O) groups is 3. The third kappa shape index (κ3) is 7.26. The fourth-order valence-corrected chi connectivity index (χ4v) is 5.92. The number of hydrogen-bond donors (Lipinski definition) is 0. The number of ether oxygens (including phenoxy) is 4. The van der Waals surface area contributed by atoms with Crippen LogP contribution in [-0.4, -0.2) is 56.4 Å². The van der Waals surface area contributed by atoms with Gasteiger partial charge in [-0.25, -0.2) is 18.4 Å². The maximum atomic E-state index is 14.0. The Morgan fingerprint density at radius 3 is 2.43 bits per heavy atom. The molecule has 1 saturated heterocycles. The summed E-state index contributed by atoms with van der Waals surface area (Å²) in [6.07, 6.45) is 1.07. The van der Waals surface area contributed by atoms with E-state index in [0.29, 0.717) is 42.2 Å². The summed E-state index contributed by atoms with van der Waals surface area (Å²) < 4.78 is 49.0. The summed E-state index contributed by atoms with van der Waals surface area (Å²) in [5.74, 6) is -4.07.